The van der Waals surface area contributed by atoms with Crippen LogP contribution in [0.5, 0.6) is 5.75 Å². The summed E-state index contributed by atoms with van der Waals surface area (Å²) in [6.45, 7) is 4.14. The molecule has 0 saturated carbocycles. The zero-order valence-corrected chi connectivity index (χ0v) is 12.2. The van der Waals surface area contributed by atoms with Gasteiger partial charge in [-0.05, 0) is 37.1 Å². The number of thiazole rings is 1. The summed E-state index contributed by atoms with van der Waals surface area (Å²) in [6.07, 6.45) is 0. The topological polar surface area (TPSA) is 33.1 Å². The van der Waals surface area contributed by atoms with E-state index in [1.165, 1.54) is 4.88 Å². The Balaban J connectivity index is 1.95. The van der Waals surface area contributed by atoms with Crippen molar-refractivity contribution in [3.63, 3.8) is 0 Å². The Morgan fingerprint density at radius 1 is 0.800 bits per heavy atom. The van der Waals surface area contributed by atoms with E-state index in [1.54, 1.807) is 23.5 Å². The van der Waals surface area contributed by atoms with Crippen molar-refractivity contribution in [3.05, 3.63) is 58.4 Å². The molecule has 1 heterocycles. The van der Waals surface area contributed by atoms with Gasteiger partial charge in [-0.3, -0.25) is 0 Å². The van der Waals surface area contributed by atoms with E-state index in [1.807, 2.05) is 19.1 Å². The fourth-order valence-electron chi connectivity index (χ4n) is 2.27. The van der Waals surface area contributed by atoms with Crippen molar-refractivity contribution in [2.24, 2.45) is 0 Å². The molecule has 3 heteroatoms. The number of benzene rings is 2. The molecule has 1 N–H and O–H groups in total. The van der Waals surface area contributed by atoms with Crippen LogP contribution in [0.3, 0.4) is 0 Å². The van der Waals surface area contributed by atoms with E-state index in [4.69, 9.17) is 0 Å². The summed E-state index contributed by atoms with van der Waals surface area (Å²) in [5, 5.41) is 10.4. The largest absolute Gasteiger partial charge is 0.508 e. The highest BCUT2D eigenvalue weighted by molar-refractivity contribution is 7.11. The van der Waals surface area contributed by atoms with Crippen molar-refractivity contribution in [3.8, 4) is 28.1 Å². The third-order valence-electron chi connectivity index (χ3n) is 3.26. The summed E-state index contributed by atoms with van der Waals surface area (Å²) in [4.78, 5) is 5.83. The van der Waals surface area contributed by atoms with Crippen molar-refractivity contribution in [1.29, 1.82) is 0 Å². The van der Waals surface area contributed by atoms with Crippen LogP contribution in [-0.2, 0) is 0 Å². The number of nitrogens with zero attached hydrogens (tertiary/aromatic N) is 1. The molecule has 0 aliphatic rings. The first-order chi connectivity index (χ1) is 9.63. The Labute approximate surface area is 122 Å². The molecule has 1 aromatic heterocycles. The third-order valence-corrected chi connectivity index (χ3v) is 4.15. The van der Waals surface area contributed by atoms with E-state index in [2.05, 4.69) is 36.2 Å². The summed E-state index contributed by atoms with van der Waals surface area (Å²) in [7, 11) is 0. The molecule has 2 nitrogen and oxygen atoms in total. The predicted octanol–water partition coefficient (Wildman–Crippen LogP) is 4.80. The molecule has 20 heavy (non-hydrogen) atoms. The summed E-state index contributed by atoms with van der Waals surface area (Å²) in [5.74, 6) is 0.291. The van der Waals surface area contributed by atoms with Gasteiger partial charge in [-0.15, -0.1) is 11.3 Å². The van der Waals surface area contributed by atoms with Gasteiger partial charge < -0.3 is 5.11 Å². The van der Waals surface area contributed by atoms with Crippen LogP contribution >= 0.6 is 11.3 Å². The summed E-state index contributed by atoms with van der Waals surface area (Å²) in [5.41, 5.74) is 4.46. The monoisotopic (exact) mass is 281 g/mol. The lowest BCUT2D eigenvalue weighted by molar-refractivity contribution is 0.475. The highest BCUT2D eigenvalue weighted by atomic mass is 32.1. The van der Waals surface area contributed by atoms with Crippen molar-refractivity contribution in [2.45, 2.75) is 13.8 Å². The average Bonchev–Trinajstić information content (AvgIpc) is 2.79. The standard InChI is InChI=1S/C17H15NOS/c1-11-17(18-12(2)20-11)15-5-3-13(4-6-15)14-7-9-16(19)10-8-14/h3-10,19H,1-2H3. The molecular formula is C17H15NOS. The van der Waals surface area contributed by atoms with Crippen molar-refractivity contribution in [1.82, 2.24) is 4.98 Å². The fourth-order valence-corrected chi connectivity index (χ4v) is 3.11. The van der Waals surface area contributed by atoms with Crippen molar-refractivity contribution in [2.75, 3.05) is 0 Å². The van der Waals surface area contributed by atoms with Gasteiger partial charge in [0.1, 0.15) is 5.75 Å². The second-order valence-corrected chi connectivity index (χ2v) is 6.17. The van der Waals surface area contributed by atoms with E-state index in [9.17, 15) is 5.11 Å². The smallest absolute Gasteiger partial charge is 0.115 e. The van der Waals surface area contributed by atoms with Gasteiger partial charge in [0.25, 0.3) is 0 Å². The van der Waals surface area contributed by atoms with Crippen LogP contribution in [0.2, 0.25) is 0 Å². The van der Waals surface area contributed by atoms with Crippen molar-refractivity contribution < 1.29 is 5.11 Å². The van der Waals surface area contributed by atoms with E-state index in [-0.39, 0.29) is 0 Å². The lowest BCUT2D eigenvalue weighted by Gasteiger charge is -2.04. The van der Waals surface area contributed by atoms with Crippen LogP contribution in [0.1, 0.15) is 9.88 Å². The average molecular weight is 281 g/mol. The van der Waals surface area contributed by atoms with Gasteiger partial charge in [0.2, 0.25) is 0 Å². The number of phenols is 1. The summed E-state index contributed by atoms with van der Waals surface area (Å²) < 4.78 is 0. The maximum absolute atomic E-state index is 9.32. The van der Waals surface area contributed by atoms with Crippen LogP contribution < -0.4 is 0 Å². The van der Waals surface area contributed by atoms with Crippen LogP contribution in [0, 0.1) is 13.8 Å². The zero-order valence-electron chi connectivity index (χ0n) is 11.4. The first kappa shape index (κ1) is 12.9. The Bertz CT molecular complexity index is 727. The molecule has 100 valence electrons. The molecule has 3 rings (SSSR count). The van der Waals surface area contributed by atoms with Gasteiger partial charge in [-0.2, -0.15) is 0 Å². The Morgan fingerprint density at radius 2 is 1.30 bits per heavy atom. The minimum absolute atomic E-state index is 0.291. The molecule has 0 bridgehead atoms. The van der Waals surface area contributed by atoms with Gasteiger partial charge in [0, 0.05) is 10.4 Å². The lowest BCUT2D eigenvalue weighted by Crippen LogP contribution is -1.82. The zero-order chi connectivity index (χ0) is 14.1. The quantitative estimate of drug-likeness (QED) is 0.732. The molecule has 0 atom stereocenters. The minimum Gasteiger partial charge on any atom is -0.508 e. The third kappa shape index (κ3) is 2.45. The second-order valence-electron chi connectivity index (χ2n) is 4.76. The first-order valence-electron chi connectivity index (χ1n) is 6.47. The maximum Gasteiger partial charge on any atom is 0.115 e. The molecule has 0 aliphatic carbocycles. The Hall–Kier alpha value is -2.13. The number of rotatable bonds is 2. The van der Waals surface area contributed by atoms with Crippen LogP contribution in [-0.4, -0.2) is 10.1 Å². The highest BCUT2D eigenvalue weighted by Gasteiger charge is 2.07. The molecule has 0 radical (unpaired) electrons. The van der Waals surface area contributed by atoms with Crippen molar-refractivity contribution >= 4 is 11.3 Å². The lowest BCUT2D eigenvalue weighted by atomic mass is 10.0. The van der Waals surface area contributed by atoms with Crippen LogP contribution in [0.15, 0.2) is 48.5 Å². The Morgan fingerprint density at radius 3 is 1.80 bits per heavy atom. The summed E-state index contributed by atoms with van der Waals surface area (Å²) in [6, 6.07) is 15.6. The molecule has 0 unspecified atom stereocenters. The SMILES string of the molecule is Cc1nc(-c2ccc(-c3ccc(O)cc3)cc2)c(C)s1. The number of aromatic nitrogens is 1. The molecule has 0 amide bonds. The van der Waals surface area contributed by atoms with Gasteiger partial charge in [0.15, 0.2) is 0 Å². The van der Waals surface area contributed by atoms with Crippen LogP contribution in [0.25, 0.3) is 22.4 Å². The van der Waals surface area contributed by atoms with E-state index >= 15 is 0 Å². The number of aromatic hydroxyl groups is 1. The fraction of sp³-hybridized carbons (Fsp3) is 0.118. The number of hydrogen-bond donors (Lipinski definition) is 1. The molecule has 0 spiro atoms. The highest BCUT2D eigenvalue weighted by Crippen LogP contribution is 2.29. The molecule has 0 saturated heterocycles. The van der Waals surface area contributed by atoms with Gasteiger partial charge >= 0.3 is 0 Å². The number of hydrogen-bond acceptors (Lipinski definition) is 3. The normalized spacial score (nSPS) is 10.7. The Kier molecular flexibility index (Phi) is 3.28. The van der Waals surface area contributed by atoms with E-state index < -0.39 is 0 Å². The molecule has 2 aromatic carbocycles. The van der Waals surface area contributed by atoms with Gasteiger partial charge in [-0.25, -0.2) is 4.98 Å². The minimum atomic E-state index is 0.291. The number of phenolic OH excluding ortho intramolecular Hbond substituents is 1. The molecule has 0 fully saturated rings. The number of aryl methyl sites for hydroxylation is 2. The van der Waals surface area contributed by atoms with E-state index in [0.717, 1.165) is 27.4 Å². The first-order valence-corrected chi connectivity index (χ1v) is 7.29. The van der Waals surface area contributed by atoms with Gasteiger partial charge in [-0.1, -0.05) is 36.4 Å². The second kappa shape index (κ2) is 5.10. The predicted molar refractivity (Wildman–Crippen MR) is 84.1 cm³/mol. The molecule has 3 aromatic rings. The molecular weight excluding hydrogens is 266 g/mol. The molecule has 0 aliphatic heterocycles. The summed E-state index contributed by atoms with van der Waals surface area (Å²) >= 11 is 1.73. The van der Waals surface area contributed by atoms with Gasteiger partial charge in [0.05, 0.1) is 10.7 Å². The van der Waals surface area contributed by atoms with E-state index in [0.29, 0.717) is 5.75 Å². The maximum atomic E-state index is 9.32. The van der Waals surface area contributed by atoms with Crippen LogP contribution in [0.4, 0.5) is 0 Å².